The minimum atomic E-state index is 1.02. The third-order valence-electron chi connectivity index (χ3n) is 6.88. The Morgan fingerprint density at radius 2 is 0.622 bits per heavy atom. The Balaban J connectivity index is 1.44. The SMILES string of the molecule is CCCCCCCCCc1ccc(C#Cc2ccc(C#Cc3ccc(CCCCCC)cc3)cc2)cc1. The number of hydrogen-bond donors (Lipinski definition) is 0. The highest BCUT2D eigenvalue weighted by molar-refractivity contribution is 5.48. The van der Waals surface area contributed by atoms with Crippen molar-refractivity contribution in [3.63, 3.8) is 0 Å². The van der Waals surface area contributed by atoms with Gasteiger partial charge in [0, 0.05) is 22.3 Å². The molecular formula is C37H44. The minimum absolute atomic E-state index is 1.02. The first-order valence-electron chi connectivity index (χ1n) is 14.6. The van der Waals surface area contributed by atoms with Crippen LogP contribution in [0.3, 0.4) is 0 Å². The summed E-state index contributed by atoms with van der Waals surface area (Å²) in [5.41, 5.74) is 7.00. The molecule has 0 heterocycles. The molecule has 0 bridgehead atoms. The van der Waals surface area contributed by atoms with Crippen LogP contribution in [0.25, 0.3) is 0 Å². The van der Waals surface area contributed by atoms with Gasteiger partial charge in [-0.2, -0.15) is 0 Å². The third kappa shape index (κ3) is 11.6. The predicted molar refractivity (Wildman–Crippen MR) is 161 cm³/mol. The fourth-order valence-electron chi connectivity index (χ4n) is 4.48. The Morgan fingerprint density at radius 1 is 0.351 bits per heavy atom. The van der Waals surface area contributed by atoms with Crippen LogP contribution in [-0.4, -0.2) is 0 Å². The molecule has 0 aliphatic carbocycles. The Hall–Kier alpha value is -3.22. The zero-order valence-electron chi connectivity index (χ0n) is 23.1. The molecule has 0 aliphatic heterocycles. The fraction of sp³-hybridized carbons (Fsp3) is 0.405. The second-order valence-corrected chi connectivity index (χ2v) is 10.2. The normalized spacial score (nSPS) is 10.3. The van der Waals surface area contributed by atoms with Crippen LogP contribution < -0.4 is 0 Å². The third-order valence-corrected chi connectivity index (χ3v) is 6.88. The number of hydrogen-bond acceptors (Lipinski definition) is 0. The molecule has 0 saturated carbocycles. The minimum Gasteiger partial charge on any atom is -0.0654 e. The molecule has 0 unspecified atom stereocenters. The monoisotopic (exact) mass is 488 g/mol. The highest BCUT2D eigenvalue weighted by Gasteiger charge is 1.97. The summed E-state index contributed by atoms with van der Waals surface area (Å²) in [6, 6.07) is 25.7. The molecule has 0 nitrogen and oxygen atoms in total. The van der Waals surface area contributed by atoms with Crippen LogP contribution in [0.5, 0.6) is 0 Å². The quantitative estimate of drug-likeness (QED) is 0.166. The van der Waals surface area contributed by atoms with Gasteiger partial charge in [-0.15, -0.1) is 0 Å². The van der Waals surface area contributed by atoms with E-state index in [4.69, 9.17) is 0 Å². The van der Waals surface area contributed by atoms with E-state index < -0.39 is 0 Å². The smallest absolute Gasteiger partial charge is 0.0249 e. The van der Waals surface area contributed by atoms with Gasteiger partial charge in [0.1, 0.15) is 0 Å². The lowest BCUT2D eigenvalue weighted by atomic mass is 10.0. The maximum absolute atomic E-state index is 3.30. The molecule has 3 rings (SSSR count). The first-order chi connectivity index (χ1) is 18.3. The van der Waals surface area contributed by atoms with E-state index in [9.17, 15) is 0 Å². The van der Waals surface area contributed by atoms with E-state index in [2.05, 4.69) is 110 Å². The molecule has 0 radical (unpaired) electrons. The summed E-state index contributed by atoms with van der Waals surface area (Å²) < 4.78 is 0. The van der Waals surface area contributed by atoms with E-state index in [1.807, 2.05) is 0 Å². The number of benzene rings is 3. The van der Waals surface area contributed by atoms with Crippen LogP contribution in [-0.2, 0) is 12.8 Å². The van der Waals surface area contributed by atoms with E-state index in [-0.39, 0.29) is 0 Å². The van der Waals surface area contributed by atoms with Crippen LogP contribution in [0.1, 0.15) is 118 Å². The van der Waals surface area contributed by atoms with Gasteiger partial charge in [-0.1, -0.05) is 120 Å². The highest BCUT2D eigenvalue weighted by Crippen LogP contribution is 2.12. The molecule has 0 spiro atoms. The largest absolute Gasteiger partial charge is 0.0654 e. The van der Waals surface area contributed by atoms with Gasteiger partial charge < -0.3 is 0 Å². The molecule has 0 amide bonds. The summed E-state index contributed by atoms with van der Waals surface area (Å²) in [7, 11) is 0. The van der Waals surface area contributed by atoms with E-state index in [1.54, 1.807) is 0 Å². The molecule has 0 fully saturated rings. The van der Waals surface area contributed by atoms with Gasteiger partial charge in [0.05, 0.1) is 0 Å². The fourth-order valence-corrected chi connectivity index (χ4v) is 4.48. The molecule has 0 aromatic heterocycles. The van der Waals surface area contributed by atoms with E-state index in [0.29, 0.717) is 0 Å². The van der Waals surface area contributed by atoms with Gasteiger partial charge in [0.15, 0.2) is 0 Å². The van der Waals surface area contributed by atoms with Crippen molar-refractivity contribution in [1.29, 1.82) is 0 Å². The molecular weight excluding hydrogens is 444 g/mol. The van der Waals surface area contributed by atoms with Crippen molar-refractivity contribution in [3.05, 3.63) is 106 Å². The maximum atomic E-state index is 3.30. The van der Waals surface area contributed by atoms with E-state index in [0.717, 1.165) is 22.3 Å². The van der Waals surface area contributed by atoms with Gasteiger partial charge in [-0.25, -0.2) is 0 Å². The lowest BCUT2D eigenvalue weighted by molar-refractivity contribution is 0.589. The van der Waals surface area contributed by atoms with Crippen molar-refractivity contribution < 1.29 is 0 Å². The number of unbranched alkanes of at least 4 members (excludes halogenated alkanes) is 9. The topological polar surface area (TPSA) is 0 Å². The van der Waals surface area contributed by atoms with E-state index in [1.165, 1.54) is 94.6 Å². The maximum Gasteiger partial charge on any atom is 0.0249 e. The van der Waals surface area contributed by atoms with Crippen LogP contribution in [0.15, 0.2) is 72.8 Å². The predicted octanol–water partition coefficient (Wildman–Crippen LogP) is 9.90. The Kier molecular flexibility index (Phi) is 13.2. The Bertz CT molecular complexity index is 1140. The van der Waals surface area contributed by atoms with Crippen molar-refractivity contribution in [2.24, 2.45) is 0 Å². The molecule has 0 heteroatoms. The van der Waals surface area contributed by atoms with E-state index >= 15 is 0 Å². The van der Waals surface area contributed by atoms with Crippen LogP contribution in [0.4, 0.5) is 0 Å². The second kappa shape index (κ2) is 17.3. The van der Waals surface area contributed by atoms with Crippen molar-refractivity contribution in [1.82, 2.24) is 0 Å². The van der Waals surface area contributed by atoms with Crippen LogP contribution in [0, 0.1) is 23.7 Å². The lowest BCUT2D eigenvalue weighted by Crippen LogP contribution is -1.87. The highest BCUT2D eigenvalue weighted by atomic mass is 14.0. The zero-order valence-corrected chi connectivity index (χ0v) is 23.1. The van der Waals surface area contributed by atoms with Gasteiger partial charge in [-0.3, -0.25) is 0 Å². The Morgan fingerprint density at radius 3 is 0.973 bits per heavy atom. The van der Waals surface area contributed by atoms with Crippen molar-refractivity contribution in [2.45, 2.75) is 97.3 Å². The summed E-state index contributed by atoms with van der Waals surface area (Å²) in [5.74, 6) is 13.2. The molecule has 0 N–H and O–H groups in total. The molecule has 3 aromatic rings. The van der Waals surface area contributed by atoms with Crippen LogP contribution >= 0.6 is 0 Å². The summed E-state index contributed by atoms with van der Waals surface area (Å²) in [6.45, 7) is 4.53. The van der Waals surface area contributed by atoms with Crippen molar-refractivity contribution in [2.75, 3.05) is 0 Å². The van der Waals surface area contributed by atoms with Gasteiger partial charge in [0.25, 0.3) is 0 Å². The van der Waals surface area contributed by atoms with Crippen LogP contribution in [0.2, 0.25) is 0 Å². The van der Waals surface area contributed by atoms with Crippen molar-refractivity contribution in [3.8, 4) is 23.7 Å². The van der Waals surface area contributed by atoms with Gasteiger partial charge in [-0.05, 0) is 85.3 Å². The molecule has 3 aromatic carbocycles. The summed E-state index contributed by atoms with van der Waals surface area (Å²) >= 11 is 0. The van der Waals surface area contributed by atoms with Gasteiger partial charge >= 0.3 is 0 Å². The summed E-state index contributed by atoms with van der Waals surface area (Å²) in [5, 5.41) is 0. The first-order valence-corrected chi connectivity index (χ1v) is 14.6. The van der Waals surface area contributed by atoms with Gasteiger partial charge in [0.2, 0.25) is 0 Å². The Labute approximate surface area is 226 Å². The average molecular weight is 489 g/mol. The first kappa shape index (κ1) is 28.4. The summed E-state index contributed by atoms with van der Waals surface area (Å²) in [6.07, 6.45) is 17.1. The molecule has 37 heavy (non-hydrogen) atoms. The second-order valence-electron chi connectivity index (χ2n) is 10.2. The number of rotatable bonds is 13. The standard InChI is InChI=1S/C37H44/c1-3-5-7-9-10-11-13-15-33-18-22-35(23-19-33)25-27-37-30-28-36(29-31-37)26-24-34-20-16-32(17-21-34)14-12-8-6-4-2/h16-23,28-31H,3-15H2,1-2H3. The zero-order chi connectivity index (χ0) is 26.0. The van der Waals surface area contributed by atoms with Crippen molar-refractivity contribution >= 4 is 0 Å². The lowest BCUT2D eigenvalue weighted by Gasteiger charge is -2.02. The molecule has 0 aliphatic rings. The summed E-state index contributed by atoms with van der Waals surface area (Å²) in [4.78, 5) is 0. The number of aryl methyl sites for hydroxylation is 2. The molecule has 0 atom stereocenters. The molecule has 192 valence electrons. The average Bonchev–Trinajstić information content (AvgIpc) is 2.94. The molecule has 0 saturated heterocycles.